The normalized spacial score (nSPS) is 11.0. The molecular weight excluding hydrogens is 451 g/mol. The van der Waals surface area contributed by atoms with E-state index in [2.05, 4.69) is 42.4 Å². The van der Waals surface area contributed by atoms with Gasteiger partial charge in [0.2, 0.25) is 0 Å². The maximum atomic E-state index is 11.7. The van der Waals surface area contributed by atoms with Crippen LogP contribution in [0, 0.1) is 13.8 Å². The van der Waals surface area contributed by atoms with E-state index in [9.17, 15) is 4.79 Å². The van der Waals surface area contributed by atoms with Crippen LogP contribution in [0.25, 0.3) is 0 Å². The van der Waals surface area contributed by atoms with Crippen LogP contribution >= 0.6 is 43.5 Å². The van der Waals surface area contributed by atoms with Crippen LogP contribution in [0.1, 0.15) is 16.9 Å². The summed E-state index contributed by atoms with van der Waals surface area (Å²) in [7, 11) is 0. The van der Waals surface area contributed by atoms with Crippen LogP contribution in [-0.2, 0) is 4.79 Å². The summed E-state index contributed by atoms with van der Waals surface area (Å²) in [5.41, 5.74) is 4.10. The summed E-state index contributed by atoms with van der Waals surface area (Å²) in [6.45, 7) is 3.58. The molecule has 1 aromatic carbocycles. The highest BCUT2D eigenvalue weighted by atomic mass is 79.9. The van der Waals surface area contributed by atoms with Crippen molar-refractivity contribution in [3.63, 3.8) is 0 Å². The Morgan fingerprint density at radius 1 is 1.43 bits per heavy atom. The molecule has 0 aliphatic heterocycles. The van der Waals surface area contributed by atoms with Gasteiger partial charge in [-0.1, -0.05) is 11.6 Å². The van der Waals surface area contributed by atoms with Crippen LogP contribution in [0.3, 0.4) is 0 Å². The van der Waals surface area contributed by atoms with E-state index in [1.165, 1.54) is 6.21 Å². The second-order valence-corrected chi connectivity index (χ2v) is 6.62. The lowest BCUT2D eigenvalue weighted by atomic mass is 10.1. The molecular formula is C15H13Br2ClN2O3. The summed E-state index contributed by atoms with van der Waals surface area (Å²) in [6, 6.07) is 5.22. The van der Waals surface area contributed by atoms with E-state index in [1.54, 1.807) is 18.2 Å². The number of hydrazone groups is 1. The van der Waals surface area contributed by atoms with Gasteiger partial charge in [-0.25, -0.2) is 5.43 Å². The van der Waals surface area contributed by atoms with E-state index in [4.69, 9.17) is 20.8 Å². The van der Waals surface area contributed by atoms with Gasteiger partial charge in [-0.05, 0) is 75.0 Å². The van der Waals surface area contributed by atoms with Gasteiger partial charge in [0.15, 0.2) is 11.3 Å². The molecule has 1 heterocycles. The number of benzene rings is 1. The van der Waals surface area contributed by atoms with Gasteiger partial charge in [0.1, 0.15) is 11.5 Å². The predicted octanol–water partition coefficient (Wildman–Crippen LogP) is 4.60. The Bertz CT molecular complexity index is 759. The number of hydrogen-bond acceptors (Lipinski definition) is 4. The number of nitrogens with one attached hydrogen (secondary N) is 1. The van der Waals surface area contributed by atoms with Crippen molar-refractivity contribution in [2.24, 2.45) is 5.10 Å². The second kappa shape index (κ2) is 7.99. The molecule has 1 N–H and O–H groups in total. The van der Waals surface area contributed by atoms with Crippen LogP contribution < -0.4 is 10.2 Å². The molecule has 23 heavy (non-hydrogen) atoms. The first-order valence-electron chi connectivity index (χ1n) is 6.53. The molecule has 0 fully saturated rings. The molecule has 0 saturated heterocycles. The average molecular weight is 465 g/mol. The van der Waals surface area contributed by atoms with E-state index < -0.39 is 0 Å². The maximum absolute atomic E-state index is 11.7. The van der Waals surface area contributed by atoms with Crippen LogP contribution in [0.4, 0.5) is 0 Å². The minimum atomic E-state index is -0.385. The minimum Gasteiger partial charge on any atom is -0.483 e. The smallest absolute Gasteiger partial charge is 0.277 e. The van der Waals surface area contributed by atoms with Crippen molar-refractivity contribution >= 4 is 55.6 Å². The Hall–Kier alpha value is -1.31. The third kappa shape index (κ3) is 4.83. The number of halogens is 3. The predicted molar refractivity (Wildman–Crippen MR) is 96.3 cm³/mol. The van der Waals surface area contributed by atoms with Crippen molar-refractivity contribution in [2.45, 2.75) is 13.8 Å². The van der Waals surface area contributed by atoms with Gasteiger partial charge < -0.3 is 9.15 Å². The Kier molecular flexibility index (Phi) is 6.26. The fourth-order valence-corrected chi connectivity index (χ4v) is 2.76. The standard InChI is InChI=1S/C15H13Br2ClN2O3/c1-8-5-11(14(17)9(2)15(8)18)22-7-13(21)20-19-6-10-3-4-12(16)23-10/h3-6H,7H2,1-2H3,(H,20,21)/b19-6+. The summed E-state index contributed by atoms with van der Waals surface area (Å²) in [5.74, 6) is 0.687. The van der Waals surface area contributed by atoms with Crippen molar-refractivity contribution in [1.29, 1.82) is 0 Å². The van der Waals surface area contributed by atoms with Gasteiger partial charge in [-0.3, -0.25) is 4.79 Å². The molecule has 122 valence electrons. The first kappa shape index (κ1) is 18.0. The average Bonchev–Trinajstić information content (AvgIpc) is 2.93. The highest BCUT2D eigenvalue weighted by Crippen LogP contribution is 2.35. The summed E-state index contributed by atoms with van der Waals surface area (Å²) >= 11 is 12.7. The zero-order valence-corrected chi connectivity index (χ0v) is 16.3. The first-order valence-corrected chi connectivity index (χ1v) is 8.50. The molecule has 0 spiro atoms. The number of aryl methyl sites for hydroxylation is 1. The van der Waals surface area contributed by atoms with E-state index >= 15 is 0 Å². The SMILES string of the molecule is Cc1cc(OCC(=O)N/N=C/c2ccc(Br)o2)c(Br)c(C)c1Cl. The van der Waals surface area contributed by atoms with Crippen LogP contribution in [0.15, 0.2) is 36.9 Å². The summed E-state index contributed by atoms with van der Waals surface area (Å²) < 4.78 is 12.0. The fourth-order valence-electron chi connectivity index (χ4n) is 1.75. The van der Waals surface area contributed by atoms with Gasteiger partial charge in [0.25, 0.3) is 5.91 Å². The molecule has 2 aromatic rings. The lowest BCUT2D eigenvalue weighted by Crippen LogP contribution is -2.24. The summed E-state index contributed by atoms with van der Waals surface area (Å²) in [4.78, 5) is 11.7. The molecule has 5 nitrogen and oxygen atoms in total. The van der Waals surface area contributed by atoms with Crippen LogP contribution in [0.5, 0.6) is 5.75 Å². The monoisotopic (exact) mass is 462 g/mol. The van der Waals surface area contributed by atoms with Crippen molar-refractivity contribution in [1.82, 2.24) is 5.43 Å². The third-order valence-corrected chi connectivity index (χ3v) is 4.90. The molecule has 0 atom stereocenters. The highest BCUT2D eigenvalue weighted by molar-refractivity contribution is 9.10. The number of rotatable bonds is 5. The Morgan fingerprint density at radius 2 is 2.17 bits per heavy atom. The second-order valence-electron chi connectivity index (χ2n) is 4.67. The number of carbonyl (C=O) groups excluding carboxylic acids is 1. The largest absolute Gasteiger partial charge is 0.483 e. The van der Waals surface area contributed by atoms with E-state index in [1.807, 2.05) is 13.8 Å². The Labute approximate surface area is 155 Å². The van der Waals surface area contributed by atoms with Gasteiger partial charge in [0, 0.05) is 5.02 Å². The molecule has 0 radical (unpaired) electrons. The number of hydrogen-bond donors (Lipinski definition) is 1. The van der Waals surface area contributed by atoms with Gasteiger partial charge in [-0.2, -0.15) is 5.10 Å². The number of carbonyl (C=O) groups is 1. The number of nitrogens with zero attached hydrogens (tertiary/aromatic N) is 1. The number of ether oxygens (including phenoxy) is 1. The van der Waals surface area contributed by atoms with Crippen molar-refractivity contribution in [3.8, 4) is 5.75 Å². The Morgan fingerprint density at radius 3 is 2.83 bits per heavy atom. The van der Waals surface area contributed by atoms with E-state index in [-0.39, 0.29) is 12.5 Å². The van der Waals surface area contributed by atoms with Gasteiger partial charge in [0.05, 0.1) is 10.7 Å². The fraction of sp³-hybridized carbons (Fsp3) is 0.200. The summed E-state index contributed by atoms with van der Waals surface area (Å²) in [5, 5.41) is 4.46. The molecule has 8 heteroatoms. The molecule has 0 aliphatic rings. The number of furan rings is 1. The quantitative estimate of drug-likeness (QED) is 0.520. The molecule has 1 amide bonds. The molecule has 2 rings (SSSR count). The van der Waals surface area contributed by atoms with Crippen molar-refractivity contribution < 1.29 is 13.9 Å². The van der Waals surface area contributed by atoms with Crippen LogP contribution in [-0.4, -0.2) is 18.7 Å². The number of amides is 1. The molecule has 0 saturated carbocycles. The van der Waals surface area contributed by atoms with Crippen molar-refractivity contribution in [3.05, 3.63) is 49.3 Å². The molecule has 0 bridgehead atoms. The summed E-state index contributed by atoms with van der Waals surface area (Å²) in [6.07, 6.45) is 1.40. The molecule has 0 aliphatic carbocycles. The lowest BCUT2D eigenvalue weighted by Gasteiger charge is -2.12. The van der Waals surface area contributed by atoms with E-state index in [0.29, 0.717) is 21.2 Å². The van der Waals surface area contributed by atoms with Gasteiger partial charge >= 0.3 is 0 Å². The maximum Gasteiger partial charge on any atom is 0.277 e. The molecule has 0 unspecified atom stereocenters. The lowest BCUT2D eigenvalue weighted by molar-refractivity contribution is -0.123. The van der Waals surface area contributed by atoms with Crippen LogP contribution in [0.2, 0.25) is 5.02 Å². The molecule has 1 aromatic heterocycles. The Balaban J connectivity index is 1.91. The topological polar surface area (TPSA) is 63.8 Å². The highest BCUT2D eigenvalue weighted by Gasteiger charge is 2.12. The third-order valence-electron chi connectivity index (χ3n) is 2.90. The van der Waals surface area contributed by atoms with Gasteiger partial charge in [-0.15, -0.1) is 0 Å². The minimum absolute atomic E-state index is 0.168. The first-order chi connectivity index (χ1) is 10.9. The zero-order chi connectivity index (χ0) is 17.0. The van der Waals surface area contributed by atoms with E-state index in [0.717, 1.165) is 15.6 Å². The van der Waals surface area contributed by atoms with Crippen molar-refractivity contribution in [2.75, 3.05) is 6.61 Å². The zero-order valence-electron chi connectivity index (χ0n) is 12.3.